The van der Waals surface area contributed by atoms with Gasteiger partial charge in [0.1, 0.15) is 5.70 Å². The van der Waals surface area contributed by atoms with Gasteiger partial charge in [-0.3, -0.25) is 14.5 Å². The first-order chi connectivity index (χ1) is 14.5. The Hall–Kier alpha value is -2.83. The minimum absolute atomic E-state index is 0.188. The summed E-state index contributed by atoms with van der Waals surface area (Å²) in [7, 11) is 0. The van der Waals surface area contributed by atoms with Gasteiger partial charge in [-0.2, -0.15) is 0 Å². The summed E-state index contributed by atoms with van der Waals surface area (Å²) in [5, 5.41) is 0. The maximum absolute atomic E-state index is 13.5. The highest BCUT2D eigenvalue weighted by molar-refractivity contribution is 6.35. The molecule has 30 heavy (non-hydrogen) atoms. The van der Waals surface area contributed by atoms with Crippen LogP contribution in [0.15, 0.2) is 30.0 Å². The van der Waals surface area contributed by atoms with Crippen molar-refractivity contribution in [3.05, 3.63) is 41.1 Å². The average Bonchev–Trinajstić information content (AvgIpc) is 3.35. The van der Waals surface area contributed by atoms with E-state index in [1.54, 1.807) is 11.8 Å². The maximum atomic E-state index is 13.5. The van der Waals surface area contributed by atoms with Crippen molar-refractivity contribution in [2.45, 2.75) is 45.6 Å². The number of nitrogens with zero attached hydrogens (tertiary/aromatic N) is 3. The fraction of sp³-hybridized carbons (Fsp3) is 0.522. The number of aryl methyl sites for hydroxylation is 1. The number of hydrogen-bond donors (Lipinski definition) is 0. The molecule has 0 radical (unpaired) electrons. The van der Waals surface area contributed by atoms with Crippen LogP contribution in [0, 0.1) is 6.92 Å². The zero-order valence-corrected chi connectivity index (χ0v) is 17.7. The zero-order chi connectivity index (χ0) is 21.3. The molecule has 160 valence electrons. The first-order valence-corrected chi connectivity index (χ1v) is 10.9. The second-order valence-corrected chi connectivity index (χ2v) is 8.18. The van der Waals surface area contributed by atoms with E-state index in [0.717, 1.165) is 37.1 Å². The normalized spacial score (nSPS) is 20.5. The van der Waals surface area contributed by atoms with E-state index in [0.29, 0.717) is 43.8 Å². The molecule has 0 spiro atoms. The number of rotatable bonds is 4. The van der Waals surface area contributed by atoms with E-state index in [4.69, 9.17) is 4.74 Å². The summed E-state index contributed by atoms with van der Waals surface area (Å²) in [5.74, 6) is -0.396. The predicted molar refractivity (Wildman–Crippen MR) is 112 cm³/mol. The number of piperidine rings is 1. The number of hydrogen-bond acceptors (Lipinski definition) is 5. The second kappa shape index (κ2) is 8.50. The highest BCUT2D eigenvalue weighted by Crippen LogP contribution is 2.36. The Kier molecular flexibility index (Phi) is 5.79. The Balaban J connectivity index is 1.59. The Labute approximate surface area is 177 Å². The van der Waals surface area contributed by atoms with Crippen molar-refractivity contribution in [2.24, 2.45) is 0 Å². The molecule has 3 aliphatic heterocycles. The van der Waals surface area contributed by atoms with Gasteiger partial charge in [-0.25, -0.2) is 4.79 Å². The van der Waals surface area contributed by atoms with E-state index >= 15 is 0 Å². The topological polar surface area (TPSA) is 70.2 Å². The molecule has 1 aromatic rings. The molecule has 3 aliphatic rings. The van der Waals surface area contributed by atoms with Crippen molar-refractivity contribution in [3.8, 4) is 0 Å². The summed E-state index contributed by atoms with van der Waals surface area (Å²) in [6, 6.07) is 7.61. The molecular formula is C23H29N3O4. The Morgan fingerprint density at radius 1 is 1.00 bits per heavy atom. The molecule has 0 saturated carbocycles. The minimum atomic E-state index is -0.328. The highest BCUT2D eigenvalue weighted by Gasteiger charge is 2.46. The third-order valence-electron chi connectivity index (χ3n) is 6.21. The monoisotopic (exact) mass is 411 g/mol. The van der Waals surface area contributed by atoms with Crippen molar-refractivity contribution in [2.75, 3.05) is 32.8 Å². The summed E-state index contributed by atoms with van der Waals surface area (Å²) in [6.07, 6.45) is 2.88. The summed E-state index contributed by atoms with van der Waals surface area (Å²) < 4.78 is 5.08. The van der Waals surface area contributed by atoms with Gasteiger partial charge in [0.15, 0.2) is 0 Å². The average molecular weight is 412 g/mol. The molecular weight excluding hydrogens is 382 g/mol. The largest absolute Gasteiger partial charge is 0.450 e. The van der Waals surface area contributed by atoms with Crippen LogP contribution >= 0.6 is 0 Å². The quantitative estimate of drug-likeness (QED) is 0.713. The van der Waals surface area contributed by atoms with Crippen LogP contribution in [-0.2, 0) is 14.3 Å². The summed E-state index contributed by atoms with van der Waals surface area (Å²) in [6.45, 7) is 6.71. The number of likely N-dealkylation sites (tertiary alicyclic amines) is 2. The third kappa shape index (κ3) is 3.68. The van der Waals surface area contributed by atoms with E-state index in [2.05, 4.69) is 4.90 Å². The van der Waals surface area contributed by atoms with Gasteiger partial charge in [-0.15, -0.1) is 0 Å². The first kappa shape index (κ1) is 20.4. The minimum Gasteiger partial charge on any atom is -0.450 e. The van der Waals surface area contributed by atoms with E-state index in [1.807, 2.05) is 31.2 Å². The molecule has 2 saturated heterocycles. The molecule has 0 atom stereocenters. The van der Waals surface area contributed by atoms with Crippen molar-refractivity contribution >= 4 is 23.5 Å². The summed E-state index contributed by atoms with van der Waals surface area (Å²) in [4.78, 5) is 44.1. The third-order valence-corrected chi connectivity index (χ3v) is 6.21. The molecule has 0 bridgehead atoms. The lowest BCUT2D eigenvalue weighted by atomic mass is 10.0. The fourth-order valence-electron chi connectivity index (χ4n) is 4.60. The summed E-state index contributed by atoms with van der Waals surface area (Å²) >= 11 is 0. The number of carbonyl (C=O) groups is 3. The molecule has 3 heterocycles. The zero-order valence-electron chi connectivity index (χ0n) is 17.7. The van der Waals surface area contributed by atoms with Crippen LogP contribution in [0.5, 0.6) is 0 Å². The van der Waals surface area contributed by atoms with Crippen LogP contribution in [0.4, 0.5) is 4.79 Å². The smallest absolute Gasteiger partial charge is 0.409 e. The van der Waals surface area contributed by atoms with Crippen LogP contribution < -0.4 is 0 Å². The van der Waals surface area contributed by atoms with Crippen molar-refractivity contribution in [1.29, 1.82) is 0 Å². The lowest BCUT2D eigenvalue weighted by Gasteiger charge is -2.35. The van der Waals surface area contributed by atoms with E-state index < -0.39 is 0 Å². The lowest BCUT2D eigenvalue weighted by molar-refractivity contribution is -0.141. The second-order valence-electron chi connectivity index (χ2n) is 8.18. The van der Waals surface area contributed by atoms with Crippen LogP contribution in [0.25, 0.3) is 5.57 Å². The predicted octanol–water partition coefficient (Wildman–Crippen LogP) is 2.79. The molecule has 2 fully saturated rings. The van der Waals surface area contributed by atoms with Crippen LogP contribution in [-0.4, -0.2) is 71.4 Å². The van der Waals surface area contributed by atoms with Gasteiger partial charge in [0, 0.05) is 32.2 Å². The SMILES string of the molecule is CCOC(=O)N1CCC(N2C(=O)C(c3ccc(C)cc3)=C(N3CCCC3)C2=O)CC1. The van der Waals surface area contributed by atoms with Gasteiger partial charge < -0.3 is 14.5 Å². The molecule has 7 heteroatoms. The van der Waals surface area contributed by atoms with Gasteiger partial charge in [-0.1, -0.05) is 29.8 Å². The Morgan fingerprint density at radius 3 is 2.23 bits per heavy atom. The number of carbonyl (C=O) groups excluding carboxylic acids is 3. The standard InChI is InChI=1S/C23H29N3O4/c1-3-30-23(29)25-14-10-18(11-15-25)26-21(27)19(17-8-6-16(2)7-9-17)20(22(26)28)24-12-4-5-13-24/h6-9,18H,3-5,10-15H2,1-2H3. The van der Waals surface area contributed by atoms with Gasteiger partial charge in [0.25, 0.3) is 11.8 Å². The lowest BCUT2D eigenvalue weighted by Crippen LogP contribution is -2.49. The fourth-order valence-corrected chi connectivity index (χ4v) is 4.60. The van der Waals surface area contributed by atoms with Crippen LogP contribution in [0.2, 0.25) is 0 Å². The van der Waals surface area contributed by atoms with Crippen LogP contribution in [0.3, 0.4) is 0 Å². The molecule has 0 aromatic heterocycles. The molecule has 0 unspecified atom stereocenters. The Morgan fingerprint density at radius 2 is 1.63 bits per heavy atom. The van der Waals surface area contributed by atoms with Crippen molar-refractivity contribution in [3.63, 3.8) is 0 Å². The highest BCUT2D eigenvalue weighted by atomic mass is 16.6. The van der Waals surface area contributed by atoms with E-state index in [-0.39, 0.29) is 23.9 Å². The number of benzene rings is 1. The van der Waals surface area contributed by atoms with E-state index in [1.165, 1.54) is 4.90 Å². The molecule has 3 amide bonds. The van der Waals surface area contributed by atoms with Gasteiger partial charge in [0.05, 0.1) is 12.2 Å². The number of amides is 3. The molecule has 0 N–H and O–H groups in total. The van der Waals surface area contributed by atoms with Crippen molar-refractivity contribution in [1.82, 2.24) is 14.7 Å². The maximum Gasteiger partial charge on any atom is 0.409 e. The molecule has 0 aliphatic carbocycles. The number of imide groups is 1. The van der Waals surface area contributed by atoms with Gasteiger partial charge in [0.2, 0.25) is 0 Å². The van der Waals surface area contributed by atoms with Gasteiger partial charge in [-0.05, 0) is 45.1 Å². The molecule has 7 nitrogen and oxygen atoms in total. The molecule has 1 aromatic carbocycles. The number of ether oxygens (including phenoxy) is 1. The van der Waals surface area contributed by atoms with E-state index in [9.17, 15) is 14.4 Å². The van der Waals surface area contributed by atoms with Crippen molar-refractivity contribution < 1.29 is 19.1 Å². The van der Waals surface area contributed by atoms with Gasteiger partial charge >= 0.3 is 6.09 Å². The Bertz CT molecular complexity index is 863. The van der Waals surface area contributed by atoms with Crippen LogP contribution in [0.1, 0.15) is 43.7 Å². The first-order valence-electron chi connectivity index (χ1n) is 10.9. The molecule has 4 rings (SSSR count). The summed E-state index contributed by atoms with van der Waals surface area (Å²) in [5.41, 5.74) is 2.98.